The van der Waals surface area contributed by atoms with Gasteiger partial charge in [0.15, 0.2) is 18.1 Å². The lowest BCUT2D eigenvalue weighted by Crippen LogP contribution is -2.35. The first kappa shape index (κ1) is 30.7. The van der Waals surface area contributed by atoms with Crippen LogP contribution >= 0.6 is 0 Å². The van der Waals surface area contributed by atoms with E-state index in [0.29, 0.717) is 24.3 Å². The molecule has 0 aliphatic rings. The van der Waals surface area contributed by atoms with Gasteiger partial charge < -0.3 is 24.6 Å². The van der Waals surface area contributed by atoms with Gasteiger partial charge >= 0.3 is 11.9 Å². The maximum absolute atomic E-state index is 12.8. The van der Waals surface area contributed by atoms with Crippen molar-refractivity contribution in [2.75, 3.05) is 26.9 Å². The van der Waals surface area contributed by atoms with Crippen molar-refractivity contribution < 1.29 is 33.7 Å². The number of carboxylic acids is 1. The van der Waals surface area contributed by atoms with Gasteiger partial charge in [-0.25, -0.2) is 4.79 Å². The van der Waals surface area contributed by atoms with Crippen molar-refractivity contribution >= 4 is 17.8 Å². The number of methoxy groups -OCH3 is 1. The van der Waals surface area contributed by atoms with Gasteiger partial charge in [-0.1, -0.05) is 51.1 Å². The van der Waals surface area contributed by atoms with E-state index < -0.39 is 18.0 Å². The summed E-state index contributed by atoms with van der Waals surface area (Å²) in [4.78, 5) is 35.9. The molecule has 0 bridgehead atoms. The molecule has 0 saturated carbocycles. The van der Waals surface area contributed by atoms with Crippen molar-refractivity contribution in [3.8, 4) is 11.5 Å². The minimum Gasteiger partial charge on any atom is -0.493 e. The minimum atomic E-state index is -1.09. The second kappa shape index (κ2) is 13.3. The molecule has 0 fully saturated rings. The number of carbonyl (C=O) groups excluding carboxylic acids is 2. The van der Waals surface area contributed by atoms with E-state index in [4.69, 9.17) is 19.3 Å². The normalized spacial score (nSPS) is 12.4. The first-order chi connectivity index (χ1) is 17.7. The second-order valence-corrected chi connectivity index (χ2v) is 11.5. The monoisotopic (exact) mass is 527 g/mol. The zero-order chi connectivity index (χ0) is 28.5. The Bertz CT molecular complexity index is 1100. The van der Waals surface area contributed by atoms with Crippen LogP contribution in [0.2, 0.25) is 0 Å². The number of carboxylic acid groups (broad SMARTS) is 1. The Morgan fingerprint density at radius 3 is 2.11 bits per heavy atom. The molecule has 1 atom stereocenters. The van der Waals surface area contributed by atoms with Crippen LogP contribution in [0.5, 0.6) is 11.5 Å². The molecule has 0 radical (unpaired) electrons. The van der Waals surface area contributed by atoms with Crippen molar-refractivity contribution in [1.82, 2.24) is 5.32 Å². The minimum absolute atomic E-state index is 0.0530. The number of hydrogen-bond donors (Lipinski definition) is 2. The molecule has 38 heavy (non-hydrogen) atoms. The van der Waals surface area contributed by atoms with Crippen LogP contribution in [0.15, 0.2) is 42.5 Å². The number of carbonyl (C=O) groups is 3. The SMILES string of the molecule is COc1cc(CC(=O)NCC(COC(=O)C(C)(C)C)Cc2ccc(C(C)(C)C)cc2)ccc1OCC(=O)O. The summed E-state index contributed by atoms with van der Waals surface area (Å²) < 4.78 is 16.1. The summed E-state index contributed by atoms with van der Waals surface area (Å²) in [7, 11) is 1.45. The van der Waals surface area contributed by atoms with E-state index in [1.54, 1.807) is 18.2 Å². The van der Waals surface area contributed by atoms with E-state index >= 15 is 0 Å². The van der Waals surface area contributed by atoms with Crippen LogP contribution in [-0.4, -0.2) is 49.8 Å². The van der Waals surface area contributed by atoms with Crippen molar-refractivity contribution in [3.63, 3.8) is 0 Å². The van der Waals surface area contributed by atoms with Crippen LogP contribution < -0.4 is 14.8 Å². The molecule has 1 amide bonds. The summed E-state index contributed by atoms with van der Waals surface area (Å²) in [6.07, 6.45) is 0.746. The molecule has 8 nitrogen and oxygen atoms in total. The molecular weight excluding hydrogens is 486 g/mol. The van der Waals surface area contributed by atoms with Gasteiger partial charge in [0.2, 0.25) is 5.91 Å². The molecule has 208 valence electrons. The maximum atomic E-state index is 12.8. The van der Waals surface area contributed by atoms with Gasteiger partial charge in [-0.05, 0) is 61.4 Å². The molecule has 2 rings (SSSR count). The van der Waals surface area contributed by atoms with Gasteiger partial charge in [0, 0.05) is 12.5 Å². The Kier molecular flexibility index (Phi) is 10.7. The Balaban J connectivity index is 2.05. The highest BCUT2D eigenvalue weighted by molar-refractivity contribution is 5.79. The van der Waals surface area contributed by atoms with Crippen LogP contribution in [0.4, 0.5) is 0 Å². The average Bonchev–Trinajstić information content (AvgIpc) is 2.83. The standard InChI is InChI=1S/C30H41NO7/c1-29(2,3)23-11-8-20(9-12-23)14-22(18-38-28(35)30(4,5)6)17-31-26(32)16-21-10-13-24(25(15-21)36-7)37-19-27(33)34/h8-13,15,22H,14,16-19H2,1-7H3,(H,31,32)(H,33,34). The first-order valence-corrected chi connectivity index (χ1v) is 12.7. The molecule has 0 saturated heterocycles. The molecule has 1 unspecified atom stereocenters. The Labute approximate surface area is 225 Å². The molecular formula is C30H41NO7. The fourth-order valence-corrected chi connectivity index (χ4v) is 3.66. The Morgan fingerprint density at radius 1 is 0.921 bits per heavy atom. The van der Waals surface area contributed by atoms with Crippen molar-refractivity contribution in [2.24, 2.45) is 11.3 Å². The quantitative estimate of drug-likeness (QED) is 0.389. The molecule has 0 heterocycles. The molecule has 0 spiro atoms. The number of ether oxygens (including phenoxy) is 3. The largest absolute Gasteiger partial charge is 0.493 e. The lowest BCUT2D eigenvalue weighted by molar-refractivity contribution is -0.154. The van der Waals surface area contributed by atoms with Gasteiger partial charge in [-0.15, -0.1) is 0 Å². The van der Waals surface area contributed by atoms with Crippen LogP contribution in [-0.2, 0) is 37.4 Å². The number of esters is 1. The van der Waals surface area contributed by atoms with Crippen LogP contribution in [0.3, 0.4) is 0 Å². The van der Waals surface area contributed by atoms with E-state index in [1.165, 1.54) is 12.7 Å². The molecule has 8 heteroatoms. The summed E-state index contributed by atoms with van der Waals surface area (Å²) in [5.41, 5.74) is 2.47. The third-order valence-electron chi connectivity index (χ3n) is 5.94. The molecule has 0 aliphatic carbocycles. The second-order valence-electron chi connectivity index (χ2n) is 11.5. The zero-order valence-electron chi connectivity index (χ0n) is 23.6. The summed E-state index contributed by atoms with van der Waals surface area (Å²) in [5.74, 6) is -1.04. The van der Waals surface area contributed by atoms with E-state index in [9.17, 15) is 14.4 Å². The zero-order valence-corrected chi connectivity index (χ0v) is 23.6. The highest BCUT2D eigenvalue weighted by Crippen LogP contribution is 2.28. The highest BCUT2D eigenvalue weighted by Gasteiger charge is 2.25. The number of rotatable bonds is 12. The number of benzene rings is 2. The van der Waals surface area contributed by atoms with Gasteiger partial charge in [-0.3, -0.25) is 9.59 Å². The molecule has 0 aliphatic heterocycles. The first-order valence-electron chi connectivity index (χ1n) is 12.7. The molecule has 2 N–H and O–H groups in total. The maximum Gasteiger partial charge on any atom is 0.341 e. The van der Waals surface area contributed by atoms with Crippen molar-refractivity contribution in [3.05, 3.63) is 59.2 Å². The third-order valence-corrected chi connectivity index (χ3v) is 5.94. The summed E-state index contributed by atoms with van der Waals surface area (Å²) in [5, 5.41) is 11.8. The summed E-state index contributed by atoms with van der Waals surface area (Å²) >= 11 is 0. The number of hydrogen-bond acceptors (Lipinski definition) is 6. The Hall–Kier alpha value is -3.55. The fourth-order valence-electron chi connectivity index (χ4n) is 3.66. The fraction of sp³-hybridized carbons (Fsp3) is 0.500. The van der Waals surface area contributed by atoms with E-state index in [0.717, 1.165) is 5.56 Å². The van der Waals surface area contributed by atoms with E-state index in [2.05, 4.69) is 50.4 Å². The van der Waals surface area contributed by atoms with E-state index in [1.807, 2.05) is 20.8 Å². The molecule has 2 aromatic carbocycles. The van der Waals surface area contributed by atoms with Gasteiger partial charge in [0.1, 0.15) is 0 Å². The molecule has 0 aromatic heterocycles. The van der Waals surface area contributed by atoms with Crippen molar-refractivity contribution in [2.45, 2.75) is 59.8 Å². The summed E-state index contributed by atoms with van der Waals surface area (Å²) in [6, 6.07) is 13.3. The number of amides is 1. The van der Waals surface area contributed by atoms with Crippen LogP contribution in [0.25, 0.3) is 0 Å². The van der Waals surface area contributed by atoms with Gasteiger partial charge in [0.05, 0.1) is 25.6 Å². The lowest BCUT2D eigenvalue weighted by Gasteiger charge is -2.23. The van der Waals surface area contributed by atoms with Crippen LogP contribution in [0.1, 0.15) is 58.2 Å². The topological polar surface area (TPSA) is 111 Å². The van der Waals surface area contributed by atoms with Crippen LogP contribution in [0, 0.1) is 11.3 Å². The van der Waals surface area contributed by atoms with Crippen molar-refractivity contribution in [1.29, 1.82) is 0 Å². The molecule has 2 aromatic rings. The Morgan fingerprint density at radius 2 is 1.55 bits per heavy atom. The van der Waals surface area contributed by atoms with Gasteiger partial charge in [-0.2, -0.15) is 0 Å². The summed E-state index contributed by atoms with van der Waals surface area (Å²) in [6.45, 7) is 12.0. The van der Waals surface area contributed by atoms with E-state index in [-0.39, 0.29) is 42.0 Å². The number of aliphatic carboxylic acids is 1. The smallest absolute Gasteiger partial charge is 0.341 e. The predicted octanol–water partition coefficient (Wildman–Crippen LogP) is 4.56. The number of nitrogens with one attached hydrogen (secondary N) is 1. The third kappa shape index (κ3) is 10.1. The highest BCUT2D eigenvalue weighted by atomic mass is 16.5. The van der Waals surface area contributed by atoms with Gasteiger partial charge in [0.25, 0.3) is 0 Å². The average molecular weight is 528 g/mol. The lowest BCUT2D eigenvalue weighted by atomic mass is 9.86. The predicted molar refractivity (Wildman–Crippen MR) is 146 cm³/mol.